The molecule has 330 valence electrons. The molecule has 57 heavy (non-hydrogen) atoms. The largest absolute Gasteiger partial charge is 0.457 e. The third-order valence-corrected chi connectivity index (χ3v) is 9.85. The van der Waals surface area contributed by atoms with Gasteiger partial charge in [0.1, 0.15) is 54.9 Å². The molecule has 2 saturated heterocycles. The molecule has 14 heteroatoms. The van der Waals surface area contributed by atoms with Crippen LogP contribution >= 0.6 is 0 Å². The number of aliphatic hydroxyl groups excluding tert-OH is 7. The van der Waals surface area contributed by atoms with Gasteiger partial charge in [0.2, 0.25) is 0 Å². The molecule has 0 radical (unpaired) electrons. The highest BCUT2D eigenvalue weighted by molar-refractivity contribution is 5.69. The van der Waals surface area contributed by atoms with Crippen LogP contribution in [0.25, 0.3) is 0 Å². The van der Waals surface area contributed by atoms with E-state index in [1.54, 1.807) is 0 Å². The molecule has 0 aliphatic carbocycles. The number of rotatable bonds is 31. The van der Waals surface area contributed by atoms with Crippen molar-refractivity contribution in [2.45, 2.75) is 184 Å². The molecule has 2 fully saturated rings. The van der Waals surface area contributed by atoms with Gasteiger partial charge in [-0.1, -0.05) is 107 Å². The minimum Gasteiger partial charge on any atom is -0.457 e. The summed E-state index contributed by atoms with van der Waals surface area (Å²) in [4.78, 5) is 12.7. The topological polar surface area (TPSA) is 214 Å². The van der Waals surface area contributed by atoms with Crippen LogP contribution in [-0.2, 0) is 33.2 Å². The predicted octanol–water partition coefficient (Wildman–Crippen LogP) is 4.06. The van der Waals surface area contributed by atoms with Crippen molar-refractivity contribution in [3.8, 4) is 0 Å². The van der Waals surface area contributed by atoms with E-state index in [0.717, 1.165) is 89.9 Å². The maximum atomic E-state index is 12.7. The second-order valence-electron chi connectivity index (χ2n) is 14.8. The number of hydrogen-bond donors (Lipinski definition) is 7. The van der Waals surface area contributed by atoms with Gasteiger partial charge in [-0.15, -0.1) is 0 Å². The average molecular weight is 815 g/mol. The number of carbonyl (C=O) groups excluding carboxylic acids is 1. The van der Waals surface area contributed by atoms with Gasteiger partial charge in [0.15, 0.2) is 12.6 Å². The van der Waals surface area contributed by atoms with Crippen molar-refractivity contribution in [3.63, 3.8) is 0 Å². The summed E-state index contributed by atoms with van der Waals surface area (Å²) < 4.78 is 33.9. The Hall–Kier alpha value is -2.05. The van der Waals surface area contributed by atoms with E-state index in [-0.39, 0.29) is 19.6 Å². The van der Waals surface area contributed by atoms with Crippen LogP contribution in [0.4, 0.5) is 0 Å². The van der Waals surface area contributed by atoms with E-state index >= 15 is 0 Å². The molecule has 0 saturated carbocycles. The summed E-state index contributed by atoms with van der Waals surface area (Å²) in [5, 5.41) is 71.6. The zero-order valence-electron chi connectivity index (χ0n) is 34.3. The summed E-state index contributed by atoms with van der Waals surface area (Å²) in [5.41, 5.74) is 0. The molecule has 2 aliphatic heterocycles. The highest BCUT2D eigenvalue weighted by Gasteiger charge is 2.47. The third-order valence-electron chi connectivity index (χ3n) is 9.85. The monoisotopic (exact) mass is 815 g/mol. The van der Waals surface area contributed by atoms with E-state index in [4.69, 9.17) is 28.4 Å². The Balaban J connectivity index is 1.77. The summed E-state index contributed by atoms with van der Waals surface area (Å²) in [5.74, 6) is -0.400. The fraction of sp³-hybridized carbons (Fsp3) is 0.791. The Morgan fingerprint density at radius 1 is 0.596 bits per heavy atom. The Labute approximate surface area is 340 Å². The lowest BCUT2D eigenvalue weighted by Gasteiger charge is -2.42. The van der Waals surface area contributed by atoms with Crippen molar-refractivity contribution in [3.05, 3.63) is 48.6 Å². The van der Waals surface area contributed by atoms with Gasteiger partial charge in [-0.25, -0.2) is 0 Å². The number of hydrogen-bond acceptors (Lipinski definition) is 14. The van der Waals surface area contributed by atoms with Gasteiger partial charge in [-0.3, -0.25) is 4.79 Å². The average Bonchev–Trinajstić information content (AvgIpc) is 3.20. The van der Waals surface area contributed by atoms with E-state index in [9.17, 15) is 40.5 Å². The van der Waals surface area contributed by atoms with Crippen LogP contribution in [0, 0.1) is 0 Å². The van der Waals surface area contributed by atoms with Crippen LogP contribution < -0.4 is 0 Å². The normalized spacial score (nSPS) is 29.0. The van der Waals surface area contributed by atoms with E-state index in [0.29, 0.717) is 13.0 Å². The molecule has 0 aromatic heterocycles. The van der Waals surface area contributed by atoms with Gasteiger partial charge in [0, 0.05) is 13.0 Å². The molecule has 0 bridgehead atoms. The molecule has 2 rings (SSSR count). The molecule has 0 amide bonds. The van der Waals surface area contributed by atoms with Gasteiger partial charge in [-0.05, 0) is 51.4 Å². The van der Waals surface area contributed by atoms with E-state index < -0.39 is 86.7 Å². The molecule has 7 N–H and O–H groups in total. The molecule has 0 spiro atoms. The number of unbranched alkanes of at least 4 members (excludes halogenated alkanes) is 9. The van der Waals surface area contributed by atoms with Crippen LogP contribution in [0.15, 0.2) is 48.6 Å². The molecule has 0 aromatic carbocycles. The Kier molecular flexibility index (Phi) is 28.5. The lowest BCUT2D eigenvalue weighted by Crippen LogP contribution is -2.61. The van der Waals surface area contributed by atoms with Crippen LogP contribution in [0.5, 0.6) is 0 Å². The number of esters is 1. The Morgan fingerprint density at radius 2 is 1.14 bits per heavy atom. The standard InChI is InChI=1S/C43H74O14/c1-3-5-7-9-10-11-12-13-14-15-16-17-18-19-20-21-23-25-27-52-29-32(55-35(45)26-24-22-8-6-4-2)30-53-42-41(51)39(49)37(47)34(57-42)31-54-43-40(50)38(48)36(46)33(28-44)56-43/h5,7,10-11,13-14,16-17,32-34,36-44,46-51H,3-4,6,8-9,12,15,18-31H2,1-2H3/b7-5-,11-10-,14-13-,17-16-. The van der Waals surface area contributed by atoms with Crippen molar-refractivity contribution < 1.29 is 69.0 Å². The number of carbonyl (C=O) groups is 1. The molecule has 0 aromatic rings. The second-order valence-corrected chi connectivity index (χ2v) is 14.8. The zero-order valence-corrected chi connectivity index (χ0v) is 34.3. The first kappa shape index (κ1) is 51.1. The molecule has 14 nitrogen and oxygen atoms in total. The Bertz CT molecular complexity index is 1130. The maximum absolute atomic E-state index is 12.7. The highest BCUT2D eigenvalue weighted by atomic mass is 16.7. The molecular formula is C43H74O14. The van der Waals surface area contributed by atoms with Gasteiger partial charge in [0.25, 0.3) is 0 Å². The maximum Gasteiger partial charge on any atom is 0.306 e. The van der Waals surface area contributed by atoms with Gasteiger partial charge < -0.3 is 64.2 Å². The minimum atomic E-state index is -1.71. The highest BCUT2D eigenvalue weighted by Crippen LogP contribution is 2.26. The van der Waals surface area contributed by atoms with E-state index in [1.165, 1.54) is 0 Å². The van der Waals surface area contributed by atoms with Crippen LogP contribution in [0.2, 0.25) is 0 Å². The van der Waals surface area contributed by atoms with Crippen molar-refractivity contribution in [2.75, 3.05) is 33.0 Å². The fourth-order valence-electron chi connectivity index (χ4n) is 6.33. The smallest absolute Gasteiger partial charge is 0.306 e. The van der Waals surface area contributed by atoms with Crippen molar-refractivity contribution in [2.24, 2.45) is 0 Å². The molecular weight excluding hydrogens is 740 g/mol. The first-order valence-electron chi connectivity index (χ1n) is 21.2. The van der Waals surface area contributed by atoms with Crippen molar-refractivity contribution >= 4 is 5.97 Å². The summed E-state index contributed by atoms with van der Waals surface area (Å²) in [6.45, 7) is 3.39. The molecule has 11 unspecified atom stereocenters. The van der Waals surface area contributed by atoms with Crippen molar-refractivity contribution in [1.29, 1.82) is 0 Å². The quantitative estimate of drug-likeness (QED) is 0.0299. The van der Waals surface area contributed by atoms with Crippen molar-refractivity contribution in [1.82, 2.24) is 0 Å². The third kappa shape index (κ3) is 21.2. The number of ether oxygens (including phenoxy) is 6. The molecule has 2 aliphatic rings. The Morgan fingerprint density at radius 3 is 1.79 bits per heavy atom. The number of allylic oxidation sites excluding steroid dienone is 8. The minimum absolute atomic E-state index is 0.0467. The number of aliphatic hydroxyl groups is 7. The van der Waals surface area contributed by atoms with Gasteiger partial charge in [-0.2, -0.15) is 0 Å². The zero-order chi connectivity index (χ0) is 41.7. The molecule has 11 atom stereocenters. The van der Waals surface area contributed by atoms with Gasteiger partial charge in [0.05, 0.1) is 26.4 Å². The lowest BCUT2D eigenvalue weighted by molar-refractivity contribution is -0.332. The second kappa shape index (κ2) is 31.8. The predicted molar refractivity (Wildman–Crippen MR) is 215 cm³/mol. The fourth-order valence-corrected chi connectivity index (χ4v) is 6.33. The van der Waals surface area contributed by atoms with E-state index in [1.807, 2.05) is 0 Å². The summed E-state index contributed by atoms with van der Waals surface area (Å²) in [6, 6.07) is 0. The van der Waals surface area contributed by atoms with Crippen LogP contribution in [0.3, 0.4) is 0 Å². The van der Waals surface area contributed by atoms with Crippen LogP contribution in [0.1, 0.15) is 117 Å². The lowest BCUT2D eigenvalue weighted by atomic mass is 9.98. The van der Waals surface area contributed by atoms with E-state index in [2.05, 4.69) is 62.5 Å². The molecule has 2 heterocycles. The van der Waals surface area contributed by atoms with Crippen LogP contribution in [-0.4, -0.2) is 142 Å². The first-order chi connectivity index (χ1) is 27.6. The first-order valence-corrected chi connectivity index (χ1v) is 21.2. The summed E-state index contributed by atoms with van der Waals surface area (Å²) in [6.07, 6.45) is 16.7. The summed E-state index contributed by atoms with van der Waals surface area (Å²) >= 11 is 0. The SMILES string of the molecule is CC/C=C\C/C=C\C/C=C\C/C=C\CCCCCCCOCC(COC1OC(COC2OC(CO)C(O)C(O)C2O)C(O)C(O)C1O)OC(=O)CCCCCCC. The summed E-state index contributed by atoms with van der Waals surface area (Å²) in [7, 11) is 0. The van der Waals surface area contributed by atoms with Gasteiger partial charge >= 0.3 is 5.97 Å².